The Hall–Kier alpha value is -2.71. The highest BCUT2D eigenvalue weighted by molar-refractivity contribution is 7.89. The lowest BCUT2D eigenvalue weighted by Crippen LogP contribution is -2.38. The van der Waals surface area contributed by atoms with E-state index in [9.17, 15) is 18.0 Å². The number of benzene rings is 2. The molecule has 1 saturated heterocycles. The van der Waals surface area contributed by atoms with Crippen molar-refractivity contribution in [2.45, 2.75) is 56.8 Å². The number of sulfonamides is 1. The smallest absolute Gasteiger partial charge is 0.240 e. The van der Waals surface area contributed by atoms with Gasteiger partial charge in [-0.25, -0.2) is 13.1 Å². The number of rotatable bonds is 8. The lowest BCUT2D eigenvalue weighted by Gasteiger charge is -2.30. The lowest BCUT2D eigenvalue weighted by atomic mass is 9.99. The SMILES string of the molecule is CC1CCN(C(=O)CCC(=O)N2CCc3cc(S(=O)(=O)NC[C@H](C)c4ccccc4)ccc32)CC1. The molecule has 0 unspecified atom stereocenters. The van der Waals surface area contributed by atoms with Crippen LogP contribution in [0.3, 0.4) is 0 Å². The highest BCUT2D eigenvalue weighted by atomic mass is 32.2. The molecule has 188 valence electrons. The van der Waals surface area contributed by atoms with Gasteiger partial charge in [-0.15, -0.1) is 0 Å². The molecule has 2 aromatic rings. The topological polar surface area (TPSA) is 86.8 Å². The third-order valence-electron chi connectivity index (χ3n) is 7.20. The first kappa shape index (κ1) is 25.4. The van der Waals surface area contributed by atoms with E-state index in [1.54, 1.807) is 23.1 Å². The molecule has 8 heteroatoms. The van der Waals surface area contributed by atoms with Crippen LogP contribution in [-0.4, -0.2) is 51.3 Å². The van der Waals surface area contributed by atoms with Gasteiger partial charge < -0.3 is 9.80 Å². The first-order valence-corrected chi connectivity index (χ1v) is 14.0. The van der Waals surface area contributed by atoms with Crippen molar-refractivity contribution < 1.29 is 18.0 Å². The van der Waals surface area contributed by atoms with Gasteiger partial charge in [-0.05, 0) is 60.4 Å². The molecule has 1 atom stereocenters. The zero-order valence-corrected chi connectivity index (χ0v) is 21.4. The number of nitrogens with one attached hydrogen (secondary N) is 1. The molecule has 0 aromatic heterocycles. The van der Waals surface area contributed by atoms with Crippen molar-refractivity contribution in [2.75, 3.05) is 31.1 Å². The van der Waals surface area contributed by atoms with Crippen LogP contribution in [0, 0.1) is 5.92 Å². The van der Waals surface area contributed by atoms with E-state index < -0.39 is 10.0 Å². The summed E-state index contributed by atoms with van der Waals surface area (Å²) in [6, 6.07) is 14.7. The summed E-state index contributed by atoms with van der Waals surface area (Å²) in [6.45, 7) is 6.55. The molecule has 2 aliphatic rings. The van der Waals surface area contributed by atoms with Gasteiger partial charge in [0.15, 0.2) is 0 Å². The van der Waals surface area contributed by atoms with Crippen LogP contribution < -0.4 is 9.62 Å². The van der Waals surface area contributed by atoms with Crippen LogP contribution in [0.4, 0.5) is 5.69 Å². The van der Waals surface area contributed by atoms with Crippen molar-refractivity contribution >= 4 is 27.5 Å². The molecule has 0 saturated carbocycles. The maximum Gasteiger partial charge on any atom is 0.240 e. The van der Waals surface area contributed by atoms with Gasteiger partial charge in [-0.3, -0.25) is 9.59 Å². The van der Waals surface area contributed by atoms with Crippen molar-refractivity contribution in [2.24, 2.45) is 5.92 Å². The van der Waals surface area contributed by atoms with Crippen molar-refractivity contribution in [1.29, 1.82) is 0 Å². The predicted octanol–water partition coefficient (Wildman–Crippen LogP) is 3.70. The van der Waals surface area contributed by atoms with E-state index in [4.69, 9.17) is 0 Å². The van der Waals surface area contributed by atoms with Crippen LogP contribution >= 0.6 is 0 Å². The van der Waals surface area contributed by atoms with Crippen molar-refractivity contribution in [3.8, 4) is 0 Å². The fourth-order valence-corrected chi connectivity index (χ4v) is 5.97. The van der Waals surface area contributed by atoms with E-state index in [1.165, 1.54) is 0 Å². The van der Waals surface area contributed by atoms with Crippen LogP contribution in [0.1, 0.15) is 56.6 Å². The quantitative estimate of drug-likeness (QED) is 0.603. The average Bonchev–Trinajstić information content (AvgIpc) is 3.30. The molecular formula is C27H35N3O4S. The highest BCUT2D eigenvalue weighted by Gasteiger charge is 2.28. The highest BCUT2D eigenvalue weighted by Crippen LogP contribution is 2.31. The Kier molecular flexibility index (Phi) is 7.91. The number of hydrogen-bond acceptors (Lipinski definition) is 4. The molecule has 0 aliphatic carbocycles. The van der Waals surface area contributed by atoms with Crippen LogP contribution in [0.15, 0.2) is 53.4 Å². The van der Waals surface area contributed by atoms with Crippen molar-refractivity contribution in [1.82, 2.24) is 9.62 Å². The van der Waals surface area contributed by atoms with E-state index >= 15 is 0 Å². The van der Waals surface area contributed by atoms with Crippen LogP contribution in [0.2, 0.25) is 0 Å². The lowest BCUT2D eigenvalue weighted by molar-refractivity contribution is -0.134. The summed E-state index contributed by atoms with van der Waals surface area (Å²) in [5, 5.41) is 0. The van der Waals surface area contributed by atoms with Gasteiger partial charge in [-0.2, -0.15) is 0 Å². The second-order valence-corrected chi connectivity index (χ2v) is 11.6. The number of hydrogen-bond donors (Lipinski definition) is 1. The zero-order chi connectivity index (χ0) is 25.0. The molecule has 7 nitrogen and oxygen atoms in total. The van der Waals surface area contributed by atoms with E-state index in [-0.39, 0.29) is 35.5 Å². The summed E-state index contributed by atoms with van der Waals surface area (Å²) in [4.78, 5) is 29.1. The predicted molar refractivity (Wildman–Crippen MR) is 137 cm³/mol. The molecule has 0 spiro atoms. The normalized spacial score (nSPS) is 17.3. The second kappa shape index (κ2) is 10.9. The fourth-order valence-electron chi connectivity index (χ4n) is 4.79. The third kappa shape index (κ3) is 6.11. The largest absolute Gasteiger partial charge is 0.343 e. The number of likely N-dealkylation sites (tertiary alicyclic amines) is 1. The van der Waals surface area contributed by atoms with Gasteiger partial charge in [0.25, 0.3) is 0 Å². The molecule has 2 aliphatic heterocycles. The molecule has 2 amide bonds. The third-order valence-corrected chi connectivity index (χ3v) is 8.62. The molecule has 0 radical (unpaired) electrons. The number of carbonyl (C=O) groups is 2. The number of fused-ring (bicyclic) bond motifs is 1. The maximum absolute atomic E-state index is 12.9. The van der Waals surface area contributed by atoms with Gasteiger partial charge >= 0.3 is 0 Å². The Labute approximate surface area is 208 Å². The fraction of sp³-hybridized carbons (Fsp3) is 0.481. The van der Waals surface area contributed by atoms with E-state index in [0.717, 1.165) is 42.7 Å². The Morgan fingerprint density at radius 2 is 1.69 bits per heavy atom. The van der Waals surface area contributed by atoms with Gasteiger partial charge in [0, 0.05) is 44.7 Å². The van der Waals surface area contributed by atoms with Crippen LogP contribution in [0.5, 0.6) is 0 Å². The molecule has 35 heavy (non-hydrogen) atoms. The van der Waals surface area contributed by atoms with E-state index in [2.05, 4.69) is 11.6 Å². The first-order chi connectivity index (χ1) is 16.7. The number of anilines is 1. The molecule has 1 fully saturated rings. The molecule has 4 rings (SSSR count). The Morgan fingerprint density at radius 3 is 2.40 bits per heavy atom. The number of amides is 2. The summed E-state index contributed by atoms with van der Waals surface area (Å²) in [5.74, 6) is 0.650. The summed E-state index contributed by atoms with van der Waals surface area (Å²) in [7, 11) is -3.66. The average molecular weight is 498 g/mol. The molecule has 0 bridgehead atoms. The van der Waals surface area contributed by atoms with Gasteiger partial charge in [0.05, 0.1) is 4.90 Å². The van der Waals surface area contributed by atoms with Crippen LogP contribution in [-0.2, 0) is 26.0 Å². The van der Waals surface area contributed by atoms with E-state index in [0.29, 0.717) is 25.4 Å². The minimum atomic E-state index is -3.66. The van der Waals surface area contributed by atoms with Gasteiger partial charge in [-0.1, -0.05) is 44.2 Å². The number of nitrogens with zero attached hydrogens (tertiary/aromatic N) is 2. The minimum Gasteiger partial charge on any atom is -0.343 e. The number of piperidine rings is 1. The second-order valence-electron chi connectivity index (χ2n) is 9.81. The summed E-state index contributed by atoms with van der Waals surface area (Å²) < 4.78 is 28.5. The van der Waals surface area contributed by atoms with Crippen molar-refractivity contribution in [3.63, 3.8) is 0 Å². The Bertz CT molecular complexity index is 1160. The van der Waals surface area contributed by atoms with Gasteiger partial charge in [0.2, 0.25) is 21.8 Å². The van der Waals surface area contributed by atoms with Crippen molar-refractivity contribution in [3.05, 3.63) is 59.7 Å². The van der Waals surface area contributed by atoms with Crippen LogP contribution in [0.25, 0.3) is 0 Å². The molecular weight excluding hydrogens is 462 g/mol. The van der Waals surface area contributed by atoms with E-state index in [1.807, 2.05) is 42.2 Å². The molecule has 2 heterocycles. The molecule has 1 N–H and O–H groups in total. The summed E-state index contributed by atoms with van der Waals surface area (Å²) >= 11 is 0. The Balaban J connectivity index is 1.34. The summed E-state index contributed by atoms with van der Waals surface area (Å²) in [5.41, 5.74) is 2.66. The van der Waals surface area contributed by atoms with Gasteiger partial charge in [0.1, 0.15) is 0 Å². The maximum atomic E-state index is 12.9. The number of carbonyl (C=O) groups excluding carboxylic acids is 2. The first-order valence-electron chi connectivity index (χ1n) is 12.5. The standard InChI is InChI=1S/C27H35N3O4S/c1-20-12-15-29(16-13-20)26(31)10-11-27(32)30-17-14-23-18-24(8-9-25(23)30)35(33,34)28-19-21(2)22-6-4-3-5-7-22/h3-9,18,20-21,28H,10-17,19H2,1-2H3/t21-/m0/s1. The zero-order valence-electron chi connectivity index (χ0n) is 20.6. The Morgan fingerprint density at radius 1 is 1.00 bits per heavy atom. The monoisotopic (exact) mass is 497 g/mol. The molecule has 2 aromatic carbocycles. The minimum absolute atomic E-state index is 0.0434. The summed E-state index contributed by atoms with van der Waals surface area (Å²) in [6.07, 6.45) is 3.02.